The molecule has 1 fully saturated rings. The SMILES string of the molecule is Cc1ccc(C(=O)N2CCC(Nc3cc(-c4cccc(CC#N)c4)cc4c[nH]cc34)CC2)[nH]1. The highest BCUT2D eigenvalue weighted by Crippen LogP contribution is 2.33. The quantitative estimate of drug-likeness (QED) is 0.398. The summed E-state index contributed by atoms with van der Waals surface area (Å²) in [4.78, 5) is 21.1. The van der Waals surface area contributed by atoms with Gasteiger partial charge in [-0.1, -0.05) is 24.3 Å². The number of carbonyl (C=O) groups excluding carboxylic acids is 1. The van der Waals surface area contributed by atoms with Crippen LogP contribution in [0.5, 0.6) is 0 Å². The molecule has 1 amide bonds. The molecule has 5 rings (SSSR count). The van der Waals surface area contributed by atoms with E-state index < -0.39 is 0 Å². The zero-order valence-corrected chi connectivity index (χ0v) is 18.7. The molecule has 0 spiro atoms. The maximum absolute atomic E-state index is 12.7. The van der Waals surface area contributed by atoms with E-state index in [1.54, 1.807) is 0 Å². The van der Waals surface area contributed by atoms with Crippen molar-refractivity contribution in [1.82, 2.24) is 14.9 Å². The predicted octanol–water partition coefficient (Wildman–Crippen LogP) is 5.25. The number of aromatic nitrogens is 2. The highest BCUT2D eigenvalue weighted by molar-refractivity contribution is 5.97. The first-order chi connectivity index (χ1) is 16.1. The van der Waals surface area contributed by atoms with E-state index in [0.717, 1.165) is 64.8 Å². The molecule has 3 heterocycles. The third-order valence-electron chi connectivity index (χ3n) is 6.43. The first kappa shape index (κ1) is 20.9. The minimum atomic E-state index is 0.0776. The summed E-state index contributed by atoms with van der Waals surface area (Å²) in [6, 6.07) is 18.9. The van der Waals surface area contributed by atoms with E-state index in [4.69, 9.17) is 5.26 Å². The second kappa shape index (κ2) is 8.87. The molecule has 0 atom stereocenters. The Hall–Kier alpha value is -3.98. The molecule has 2 aromatic heterocycles. The van der Waals surface area contributed by atoms with Gasteiger partial charge in [-0.3, -0.25) is 4.79 Å². The monoisotopic (exact) mass is 437 g/mol. The lowest BCUT2D eigenvalue weighted by molar-refractivity contribution is 0.0713. The molecular weight excluding hydrogens is 410 g/mol. The fourth-order valence-electron chi connectivity index (χ4n) is 4.66. The van der Waals surface area contributed by atoms with Crippen LogP contribution in [0, 0.1) is 18.3 Å². The van der Waals surface area contributed by atoms with Crippen LogP contribution in [-0.4, -0.2) is 39.9 Å². The van der Waals surface area contributed by atoms with E-state index in [2.05, 4.69) is 45.6 Å². The molecular formula is C27H27N5O. The van der Waals surface area contributed by atoms with E-state index in [9.17, 15) is 4.79 Å². The largest absolute Gasteiger partial charge is 0.382 e. The Balaban J connectivity index is 1.33. The van der Waals surface area contributed by atoms with Gasteiger partial charge in [-0.25, -0.2) is 0 Å². The number of hydrogen-bond donors (Lipinski definition) is 3. The second-order valence-corrected chi connectivity index (χ2v) is 8.78. The van der Waals surface area contributed by atoms with E-state index in [1.165, 1.54) is 0 Å². The summed E-state index contributed by atoms with van der Waals surface area (Å²) in [6.45, 7) is 3.43. The number of nitrogens with zero attached hydrogens (tertiary/aromatic N) is 2. The number of amides is 1. The molecule has 0 unspecified atom stereocenters. The highest BCUT2D eigenvalue weighted by Gasteiger charge is 2.24. The van der Waals surface area contributed by atoms with Crippen LogP contribution in [-0.2, 0) is 6.42 Å². The van der Waals surface area contributed by atoms with E-state index in [0.29, 0.717) is 18.2 Å². The van der Waals surface area contributed by atoms with Crippen LogP contribution in [0.2, 0.25) is 0 Å². The normalized spacial score (nSPS) is 14.4. The first-order valence-corrected chi connectivity index (χ1v) is 11.4. The number of aryl methyl sites for hydroxylation is 1. The molecule has 166 valence electrons. The lowest BCUT2D eigenvalue weighted by Crippen LogP contribution is -2.42. The van der Waals surface area contributed by atoms with Crippen LogP contribution < -0.4 is 5.32 Å². The standard InChI is InChI=1S/C27H27N5O/c1-18-5-6-25(30-18)27(33)32-11-8-23(9-12-32)31-26-15-21(14-22-16-29-17-24(22)26)20-4-2-3-19(13-20)7-10-28/h2-6,13-17,23,29-31H,7-9,11-12H2,1H3. The van der Waals surface area contributed by atoms with Gasteiger partial charge in [0.1, 0.15) is 5.69 Å². The average Bonchev–Trinajstić information content (AvgIpc) is 3.49. The van der Waals surface area contributed by atoms with Crippen molar-refractivity contribution in [2.75, 3.05) is 18.4 Å². The number of piperidine rings is 1. The number of nitrogens with one attached hydrogen (secondary N) is 3. The van der Waals surface area contributed by atoms with Gasteiger partial charge in [-0.05, 0) is 60.7 Å². The number of hydrogen-bond acceptors (Lipinski definition) is 3. The van der Waals surface area contributed by atoms with E-state index >= 15 is 0 Å². The van der Waals surface area contributed by atoms with Gasteiger partial charge in [0, 0.05) is 53.7 Å². The highest BCUT2D eigenvalue weighted by atomic mass is 16.2. The summed E-state index contributed by atoms with van der Waals surface area (Å²) in [5, 5.41) is 15.1. The zero-order valence-electron chi connectivity index (χ0n) is 18.7. The number of nitriles is 1. The van der Waals surface area contributed by atoms with Crippen LogP contribution in [0.4, 0.5) is 5.69 Å². The van der Waals surface area contributed by atoms with Crippen molar-refractivity contribution in [2.45, 2.75) is 32.2 Å². The molecule has 1 aliphatic rings. The molecule has 1 aliphatic heterocycles. The molecule has 4 aromatic rings. The Kier molecular flexibility index (Phi) is 5.62. The third-order valence-corrected chi connectivity index (χ3v) is 6.43. The Bertz CT molecular complexity index is 1330. The molecule has 0 saturated carbocycles. The van der Waals surface area contributed by atoms with Crippen LogP contribution in [0.1, 0.15) is 34.6 Å². The van der Waals surface area contributed by atoms with Gasteiger partial charge in [-0.2, -0.15) is 5.26 Å². The topological polar surface area (TPSA) is 87.7 Å². The van der Waals surface area contributed by atoms with Gasteiger partial charge in [0.2, 0.25) is 0 Å². The van der Waals surface area contributed by atoms with Crippen molar-refractivity contribution in [3.05, 3.63) is 77.9 Å². The molecule has 3 N–H and O–H groups in total. The smallest absolute Gasteiger partial charge is 0.270 e. The summed E-state index contributed by atoms with van der Waals surface area (Å²) in [6.07, 6.45) is 6.26. The number of carbonyl (C=O) groups is 1. The number of fused-ring (bicyclic) bond motifs is 1. The van der Waals surface area contributed by atoms with Crippen LogP contribution in [0.25, 0.3) is 21.9 Å². The molecule has 0 aliphatic carbocycles. The molecule has 33 heavy (non-hydrogen) atoms. The molecule has 0 bridgehead atoms. The Labute approximate surface area is 193 Å². The lowest BCUT2D eigenvalue weighted by atomic mass is 9.98. The Morgan fingerprint density at radius 3 is 2.73 bits per heavy atom. The zero-order chi connectivity index (χ0) is 22.8. The lowest BCUT2D eigenvalue weighted by Gasteiger charge is -2.33. The predicted molar refractivity (Wildman–Crippen MR) is 131 cm³/mol. The summed E-state index contributed by atoms with van der Waals surface area (Å²) >= 11 is 0. The van der Waals surface area contributed by atoms with E-state index in [-0.39, 0.29) is 5.91 Å². The van der Waals surface area contributed by atoms with Crippen molar-refractivity contribution >= 4 is 22.4 Å². The van der Waals surface area contributed by atoms with Gasteiger partial charge >= 0.3 is 0 Å². The first-order valence-electron chi connectivity index (χ1n) is 11.4. The summed E-state index contributed by atoms with van der Waals surface area (Å²) in [7, 11) is 0. The minimum absolute atomic E-state index is 0.0776. The van der Waals surface area contributed by atoms with Crippen molar-refractivity contribution in [3.8, 4) is 17.2 Å². The van der Waals surface area contributed by atoms with Crippen molar-refractivity contribution in [1.29, 1.82) is 5.26 Å². The molecule has 6 nitrogen and oxygen atoms in total. The number of rotatable bonds is 5. The minimum Gasteiger partial charge on any atom is -0.382 e. The fourth-order valence-corrected chi connectivity index (χ4v) is 4.66. The van der Waals surface area contributed by atoms with Crippen LogP contribution in [0.3, 0.4) is 0 Å². The second-order valence-electron chi connectivity index (χ2n) is 8.78. The Morgan fingerprint density at radius 1 is 1.12 bits per heavy atom. The number of aromatic amines is 2. The van der Waals surface area contributed by atoms with Gasteiger partial charge in [0.15, 0.2) is 0 Å². The average molecular weight is 438 g/mol. The van der Waals surface area contributed by atoms with Crippen molar-refractivity contribution in [3.63, 3.8) is 0 Å². The number of anilines is 1. The number of likely N-dealkylation sites (tertiary alicyclic amines) is 1. The van der Waals surface area contributed by atoms with Gasteiger partial charge in [-0.15, -0.1) is 0 Å². The molecule has 1 saturated heterocycles. The summed E-state index contributed by atoms with van der Waals surface area (Å²) in [5.41, 5.74) is 6.02. The maximum Gasteiger partial charge on any atom is 0.270 e. The number of H-pyrrole nitrogens is 2. The van der Waals surface area contributed by atoms with Gasteiger partial charge < -0.3 is 20.2 Å². The van der Waals surface area contributed by atoms with Crippen LogP contribution in [0.15, 0.2) is 60.9 Å². The van der Waals surface area contributed by atoms with Crippen molar-refractivity contribution in [2.24, 2.45) is 0 Å². The maximum atomic E-state index is 12.7. The Morgan fingerprint density at radius 2 is 1.97 bits per heavy atom. The summed E-state index contributed by atoms with van der Waals surface area (Å²) in [5.74, 6) is 0.0776. The van der Waals surface area contributed by atoms with Gasteiger partial charge in [0.05, 0.1) is 12.5 Å². The molecule has 6 heteroatoms. The van der Waals surface area contributed by atoms with Crippen molar-refractivity contribution < 1.29 is 4.79 Å². The third kappa shape index (κ3) is 4.35. The van der Waals surface area contributed by atoms with Gasteiger partial charge in [0.25, 0.3) is 5.91 Å². The van der Waals surface area contributed by atoms with E-state index in [1.807, 2.05) is 48.5 Å². The van der Waals surface area contributed by atoms with Crippen LogP contribution >= 0.6 is 0 Å². The molecule has 2 aromatic carbocycles. The number of benzene rings is 2. The fraction of sp³-hybridized carbons (Fsp3) is 0.259. The molecule has 0 radical (unpaired) electrons. The summed E-state index contributed by atoms with van der Waals surface area (Å²) < 4.78 is 0.